The monoisotopic (exact) mass is 515 g/mol. The minimum Gasteiger partial charge on any atom is -0.468 e. The van der Waals surface area contributed by atoms with E-state index in [0.717, 1.165) is 15.4 Å². The van der Waals surface area contributed by atoms with Crippen LogP contribution >= 0.6 is 35.3 Å². The van der Waals surface area contributed by atoms with Crippen LogP contribution in [0.4, 0.5) is 13.2 Å². The van der Waals surface area contributed by atoms with Crippen LogP contribution in [-0.2, 0) is 13.1 Å². The van der Waals surface area contributed by atoms with Crippen molar-refractivity contribution in [1.82, 2.24) is 20.6 Å². The van der Waals surface area contributed by atoms with E-state index in [4.69, 9.17) is 0 Å². The van der Waals surface area contributed by atoms with Crippen molar-refractivity contribution in [3.05, 3.63) is 40.0 Å². The van der Waals surface area contributed by atoms with Gasteiger partial charge in [-0.3, -0.25) is 0 Å². The van der Waals surface area contributed by atoms with Crippen molar-refractivity contribution in [2.45, 2.75) is 33.1 Å². The van der Waals surface area contributed by atoms with Gasteiger partial charge < -0.3 is 15.4 Å². The zero-order valence-corrected chi connectivity index (χ0v) is 18.0. The van der Waals surface area contributed by atoms with Crippen LogP contribution in [0.25, 0.3) is 0 Å². The molecule has 2 N–H and O–H groups in total. The van der Waals surface area contributed by atoms with E-state index < -0.39 is 12.8 Å². The molecule has 0 radical (unpaired) electrons. The maximum absolute atomic E-state index is 12.1. The van der Waals surface area contributed by atoms with Gasteiger partial charge in [0.2, 0.25) is 5.88 Å². The summed E-state index contributed by atoms with van der Waals surface area (Å²) in [4.78, 5) is 13.7. The van der Waals surface area contributed by atoms with Gasteiger partial charge in [-0.05, 0) is 19.4 Å². The van der Waals surface area contributed by atoms with E-state index in [9.17, 15) is 13.2 Å². The van der Waals surface area contributed by atoms with Gasteiger partial charge in [-0.25, -0.2) is 15.0 Å². The molecule has 6 nitrogen and oxygen atoms in total. The van der Waals surface area contributed by atoms with E-state index in [1.54, 1.807) is 17.4 Å². The first-order chi connectivity index (χ1) is 12.4. The first kappa shape index (κ1) is 23.4. The molecule has 11 heteroatoms. The molecule has 0 aromatic carbocycles. The third-order valence-electron chi connectivity index (χ3n) is 3.02. The molecule has 0 unspecified atom stereocenters. The topological polar surface area (TPSA) is 71.4 Å². The molecule has 0 aliphatic rings. The number of aliphatic imine (C=N–C) groups is 1. The number of guanidine groups is 1. The van der Waals surface area contributed by atoms with Crippen LogP contribution in [-0.4, -0.2) is 35.3 Å². The molecule has 2 rings (SSSR count). The van der Waals surface area contributed by atoms with Crippen molar-refractivity contribution in [2.75, 3.05) is 13.2 Å². The van der Waals surface area contributed by atoms with E-state index in [0.29, 0.717) is 25.6 Å². The molecule has 2 aromatic rings. The molecule has 0 aliphatic heterocycles. The van der Waals surface area contributed by atoms with Crippen LogP contribution in [0, 0.1) is 6.92 Å². The highest BCUT2D eigenvalue weighted by Crippen LogP contribution is 2.17. The summed E-state index contributed by atoms with van der Waals surface area (Å²) in [6, 6.07) is 3.03. The Morgan fingerprint density at radius 3 is 2.56 bits per heavy atom. The standard InChI is InChI=1S/C16H20F3N5OS.HI/c1-3-20-15(24-9-14-22-6-11(2)26-14)23-8-12-4-5-13(21-7-12)25-10-16(17,18)19;/h4-7H,3,8-10H2,1-2H3,(H2,20,23,24);1H. The SMILES string of the molecule is CCNC(=NCc1ccc(OCC(F)(F)F)nc1)NCc1ncc(C)s1.I. The van der Waals surface area contributed by atoms with Gasteiger partial charge in [0.1, 0.15) is 5.01 Å². The summed E-state index contributed by atoms with van der Waals surface area (Å²) in [5.74, 6) is 0.553. The summed E-state index contributed by atoms with van der Waals surface area (Å²) in [6.45, 7) is 4.19. The first-order valence-corrected chi connectivity index (χ1v) is 8.75. The third-order valence-corrected chi connectivity index (χ3v) is 3.93. The largest absolute Gasteiger partial charge is 0.468 e. The fourth-order valence-corrected chi connectivity index (χ4v) is 2.63. The molecule has 2 aromatic heterocycles. The first-order valence-electron chi connectivity index (χ1n) is 7.93. The molecule has 0 saturated heterocycles. The van der Waals surface area contributed by atoms with Gasteiger partial charge in [-0.1, -0.05) is 6.07 Å². The number of rotatable bonds is 7. The Balaban J connectivity index is 0.00000364. The predicted molar refractivity (Wildman–Crippen MR) is 110 cm³/mol. The van der Waals surface area contributed by atoms with Crippen molar-refractivity contribution in [3.63, 3.8) is 0 Å². The fourth-order valence-electron chi connectivity index (χ4n) is 1.90. The molecule has 27 heavy (non-hydrogen) atoms. The van der Waals surface area contributed by atoms with Crippen molar-refractivity contribution in [2.24, 2.45) is 4.99 Å². The number of halogens is 4. The smallest absolute Gasteiger partial charge is 0.422 e. The molecule has 0 fully saturated rings. The Bertz CT molecular complexity index is 722. The molecule has 0 bridgehead atoms. The number of pyridine rings is 1. The number of hydrogen-bond acceptors (Lipinski definition) is 5. The van der Waals surface area contributed by atoms with E-state index in [1.807, 2.05) is 20.0 Å². The lowest BCUT2D eigenvalue weighted by molar-refractivity contribution is -0.154. The number of ether oxygens (including phenoxy) is 1. The van der Waals surface area contributed by atoms with Gasteiger partial charge in [0.05, 0.1) is 13.1 Å². The van der Waals surface area contributed by atoms with E-state index >= 15 is 0 Å². The number of alkyl halides is 3. The van der Waals surface area contributed by atoms with Crippen LogP contribution in [0.3, 0.4) is 0 Å². The van der Waals surface area contributed by atoms with Crippen molar-refractivity contribution >= 4 is 41.3 Å². The van der Waals surface area contributed by atoms with E-state index in [2.05, 4.69) is 30.3 Å². The molecular formula is C16H21F3IN5OS. The van der Waals surface area contributed by atoms with Gasteiger partial charge in [0, 0.05) is 29.9 Å². The Labute approximate surface area is 176 Å². The van der Waals surface area contributed by atoms with Crippen LogP contribution in [0.5, 0.6) is 5.88 Å². The molecule has 0 atom stereocenters. The zero-order valence-electron chi connectivity index (χ0n) is 14.8. The Kier molecular flexibility index (Phi) is 9.77. The molecule has 0 aliphatic carbocycles. The molecule has 150 valence electrons. The normalized spacial score (nSPS) is 11.7. The van der Waals surface area contributed by atoms with Gasteiger partial charge in [0.25, 0.3) is 0 Å². The summed E-state index contributed by atoms with van der Waals surface area (Å²) < 4.78 is 40.9. The second-order valence-corrected chi connectivity index (χ2v) is 6.64. The van der Waals surface area contributed by atoms with Gasteiger partial charge in [-0.2, -0.15) is 13.2 Å². The summed E-state index contributed by atoms with van der Waals surface area (Å²) in [6.07, 6.45) is -1.12. The Hall–Kier alpha value is -1.63. The number of nitrogens with one attached hydrogen (secondary N) is 2. The lowest BCUT2D eigenvalue weighted by atomic mass is 10.3. The van der Waals surface area contributed by atoms with Gasteiger partial charge in [-0.15, -0.1) is 35.3 Å². The van der Waals surface area contributed by atoms with Crippen LogP contribution in [0.1, 0.15) is 22.4 Å². The second kappa shape index (κ2) is 11.3. The molecule has 0 spiro atoms. The Morgan fingerprint density at radius 2 is 2.00 bits per heavy atom. The number of aryl methyl sites for hydroxylation is 1. The number of nitrogens with zero attached hydrogens (tertiary/aromatic N) is 3. The lowest BCUT2D eigenvalue weighted by Crippen LogP contribution is -2.36. The molecule has 0 amide bonds. The highest BCUT2D eigenvalue weighted by molar-refractivity contribution is 14.0. The third kappa shape index (κ3) is 9.22. The minimum atomic E-state index is -4.38. The lowest BCUT2D eigenvalue weighted by Gasteiger charge is -2.10. The molecular weight excluding hydrogens is 494 g/mol. The number of hydrogen-bond donors (Lipinski definition) is 2. The molecule has 0 saturated carbocycles. The van der Waals surface area contributed by atoms with Crippen molar-refractivity contribution in [1.29, 1.82) is 0 Å². The van der Waals surface area contributed by atoms with E-state index in [-0.39, 0.29) is 29.9 Å². The Morgan fingerprint density at radius 1 is 1.22 bits per heavy atom. The highest BCUT2D eigenvalue weighted by atomic mass is 127. The maximum atomic E-state index is 12.1. The maximum Gasteiger partial charge on any atom is 0.422 e. The van der Waals surface area contributed by atoms with E-state index in [1.165, 1.54) is 12.3 Å². The predicted octanol–water partition coefficient (Wildman–Crippen LogP) is 3.66. The van der Waals surface area contributed by atoms with Gasteiger partial charge in [0.15, 0.2) is 12.6 Å². The molecule has 2 heterocycles. The zero-order chi connectivity index (χ0) is 19.0. The number of aromatic nitrogens is 2. The minimum absolute atomic E-state index is 0. The fraction of sp³-hybridized carbons (Fsp3) is 0.438. The summed E-state index contributed by atoms with van der Waals surface area (Å²) in [7, 11) is 0. The summed E-state index contributed by atoms with van der Waals surface area (Å²) in [5.41, 5.74) is 0.756. The average Bonchev–Trinajstić information content (AvgIpc) is 3.01. The van der Waals surface area contributed by atoms with Gasteiger partial charge >= 0.3 is 6.18 Å². The second-order valence-electron chi connectivity index (χ2n) is 5.32. The quantitative estimate of drug-likeness (QED) is 0.335. The summed E-state index contributed by atoms with van der Waals surface area (Å²) in [5, 5.41) is 7.27. The van der Waals surface area contributed by atoms with Crippen molar-refractivity contribution in [3.8, 4) is 5.88 Å². The van der Waals surface area contributed by atoms with Crippen molar-refractivity contribution < 1.29 is 17.9 Å². The number of thiazole rings is 1. The summed E-state index contributed by atoms with van der Waals surface area (Å²) >= 11 is 1.61. The highest BCUT2D eigenvalue weighted by Gasteiger charge is 2.28. The average molecular weight is 515 g/mol. The van der Waals surface area contributed by atoms with Crippen LogP contribution < -0.4 is 15.4 Å². The van der Waals surface area contributed by atoms with Crippen LogP contribution in [0.2, 0.25) is 0 Å². The van der Waals surface area contributed by atoms with Crippen LogP contribution in [0.15, 0.2) is 29.5 Å².